The Morgan fingerprint density at radius 1 is 0.824 bits per heavy atom. The smallest absolute Gasteiger partial charge is 0.294 e. The molecule has 2 saturated heterocycles. The van der Waals surface area contributed by atoms with Gasteiger partial charge in [-0.1, -0.05) is 36.4 Å². The van der Waals surface area contributed by atoms with Crippen molar-refractivity contribution in [2.24, 2.45) is 0 Å². The van der Waals surface area contributed by atoms with Crippen molar-refractivity contribution in [3.05, 3.63) is 89.6 Å². The maximum Gasteiger partial charge on any atom is 0.294 e. The zero-order valence-corrected chi connectivity index (χ0v) is 19.4. The van der Waals surface area contributed by atoms with Crippen molar-refractivity contribution < 1.29 is 14.4 Å². The number of thioether (sulfide) groups is 1. The van der Waals surface area contributed by atoms with Gasteiger partial charge in [-0.2, -0.15) is 0 Å². The van der Waals surface area contributed by atoms with Crippen LogP contribution in [-0.2, 0) is 9.59 Å². The number of piperazine rings is 1. The van der Waals surface area contributed by atoms with Crippen LogP contribution < -0.4 is 4.90 Å². The van der Waals surface area contributed by atoms with Crippen molar-refractivity contribution in [3.8, 4) is 5.69 Å². The third kappa shape index (κ3) is 4.49. The van der Waals surface area contributed by atoms with Gasteiger partial charge in [0.25, 0.3) is 11.1 Å². The SMILES string of the molecule is O=C(CN1C(=O)SC(=Cc2cccn2-c2ccccc2)C1=O)N1CCN(c2ccccc2)CC1. The van der Waals surface area contributed by atoms with E-state index in [2.05, 4.69) is 17.0 Å². The summed E-state index contributed by atoms with van der Waals surface area (Å²) in [5.41, 5.74) is 2.88. The van der Waals surface area contributed by atoms with Crippen LogP contribution in [0.5, 0.6) is 0 Å². The Balaban J connectivity index is 1.23. The number of amides is 3. The normalized spacial score (nSPS) is 17.6. The van der Waals surface area contributed by atoms with Crippen LogP contribution in [0.4, 0.5) is 10.5 Å². The van der Waals surface area contributed by atoms with Crippen LogP contribution in [0.15, 0.2) is 83.9 Å². The van der Waals surface area contributed by atoms with Crippen LogP contribution >= 0.6 is 11.8 Å². The predicted molar refractivity (Wildman–Crippen MR) is 134 cm³/mol. The number of nitrogens with zero attached hydrogens (tertiary/aromatic N) is 4. The molecule has 3 heterocycles. The van der Waals surface area contributed by atoms with E-state index in [0.717, 1.165) is 33.7 Å². The molecular formula is C26H24N4O3S. The summed E-state index contributed by atoms with van der Waals surface area (Å²) in [5, 5.41) is -0.412. The lowest BCUT2D eigenvalue weighted by atomic mass is 10.2. The van der Waals surface area contributed by atoms with Crippen molar-refractivity contribution >= 4 is 40.6 Å². The minimum absolute atomic E-state index is 0.205. The fourth-order valence-electron chi connectivity index (χ4n) is 4.19. The molecular weight excluding hydrogens is 448 g/mol. The van der Waals surface area contributed by atoms with Gasteiger partial charge in [0.2, 0.25) is 5.91 Å². The number of imide groups is 1. The maximum atomic E-state index is 13.0. The van der Waals surface area contributed by atoms with Crippen LogP contribution in [0.1, 0.15) is 5.69 Å². The Labute approximate surface area is 202 Å². The number of hydrogen-bond donors (Lipinski definition) is 0. The second-order valence-corrected chi connectivity index (χ2v) is 9.10. The van der Waals surface area contributed by atoms with E-state index in [1.165, 1.54) is 0 Å². The number of carbonyl (C=O) groups excluding carboxylic acids is 3. The Morgan fingerprint density at radius 2 is 1.47 bits per heavy atom. The van der Waals surface area contributed by atoms with Gasteiger partial charge in [-0.15, -0.1) is 0 Å². The molecule has 2 aliphatic heterocycles. The number of anilines is 1. The Hall–Kier alpha value is -3.78. The lowest BCUT2D eigenvalue weighted by molar-refractivity contribution is -0.136. The summed E-state index contributed by atoms with van der Waals surface area (Å²) >= 11 is 0.876. The number of rotatable bonds is 5. The summed E-state index contributed by atoms with van der Waals surface area (Å²) in [5.74, 6) is -0.629. The van der Waals surface area contributed by atoms with Gasteiger partial charge in [0.05, 0.1) is 4.91 Å². The average molecular weight is 473 g/mol. The van der Waals surface area contributed by atoms with Gasteiger partial charge in [-0.3, -0.25) is 19.3 Å². The van der Waals surface area contributed by atoms with Gasteiger partial charge in [0, 0.05) is 49.4 Å². The molecule has 0 radical (unpaired) electrons. The second-order valence-electron chi connectivity index (χ2n) is 8.11. The van der Waals surface area contributed by atoms with E-state index < -0.39 is 11.1 Å². The number of carbonyl (C=O) groups is 3. The molecule has 0 bridgehead atoms. The van der Waals surface area contributed by atoms with Crippen molar-refractivity contribution in [1.29, 1.82) is 0 Å². The van der Waals surface area contributed by atoms with Crippen LogP contribution in [0.2, 0.25) is 0 Å². The van der Waals surface area contributed by atoms with E-state index in [1.54, 1.807) is 11.0 Å². The van der Waals surface area contributed by atoms with Crippen molar-refractivity contribution in [3.63, 3.8) is 0 Å². The first-order valence-corrected chi connectivity index (χ1v) is 12.0. The van der Waals surface area contributed by atoms with E-state index in [0.29, 0.717) is 31.1 Å². The van der Waals surface area contributed by atoms with Crippen molar-refractivity contribution in [2.75, 3.05) is 37.6 Å². The zero-order valence-electron chi connectivity index (χ0n) is 18.5. The molecule has 0 N–H and O–H groups in total. The minimum atomic E-state index is -0.424. The summed E-state index contributed by atoms with van der Waals surface area (Å²) in [6.07, 6.45) is 3.62. The van der Waals surface area contributed by atoms with Gasteiger partial charge >= 0.3 is 0 Å². The lowest BCUT2D eigenvalue weighted by Crippen LogP contribution is -2.51. The summed E-state index contributed by atoms with van der Waals surface area (Å²) in [4.78, 5) is 43.8. The van der Waals surface area contributed by atoms with E-state index in [-0.39, 0.29) is 12.5 Å². The zero-order chi connectivity index (χ0) is 23.5. The lowest BCUT2D eigenvalue weighted by Gasteiger charge is -2.36. The minimum Gasteiger partial charge on any atom is -0.368 e. The Morgan fingerprint density at radius 3 is 2.15 bits per heavy atom. The largest absolute Gasteiger partial charge is 0.368 e. The van der Waals surface area contributed by atoms with E-state index in [9.17, 15) is 14.4 Å². The third-order valence-electron chi connectivity index (χ3n) is 6.01. The monoisotopic (exact) mass is 472 g/mol. The first kappa shape index (κ1) is 22.0. The molecule has 3 amide bonds. The van der Waals surface area contributed by atoms with Gasteiger partial charge in [0.1, 0.15) is 6.54 Å². The number of hydrogen-bond acceptors (Lipinski definition) is 5. The van der Waals surface area contributed by atoms with Crippen LogP contribution in [-0.4, -0.2) is 64.1 Å². The highest BCUT2D eigenvalue weighted by molar-refractivity contribution is 8.18. The molecule has 0 saturated carbocycles. The quantitative estimate of drug-likeness (QED) is 0.528. The molecule has 2 fully saturated rings. The van der Waals surface area contributed by atoms with Gasteiger partial charge < -0.3 is 14.4 Å². The first-order chi connectivity index (χ1) is 16.6. The second kappa shape index (κ2) is 9.61. The highest BCUT2D eigenvalue weighted by atomic mass is 32.2. The molecule has 0 atom stereocenters. The molecule has 34 heavy (non-hydrogen) atoms. The molecule has 2 aromatic carbocycles. The molecule has 0 unspecified atom stereocenters. The summed E-state index contributed by atoms with van der Waals surface area (Å²) < 4.78 is 1.95. The highest BCUT2D eigenvalue weighted by Crippen LogP contribution is 2.32. The number of benzene rings is 2. The molecule has 1 aromatic heterocycles. The fourth-order valence-corrected chi connectivity index (χ4v) is 5.02. The molecule has 0 spiro atoms. The number of para-hydroxylation sites is 2. The van der Waals surface area contributed by atoms with E-state index in [1.807, 2.05) is 71.4 Å². The van der Waals surface area contributed by atoms with E-state index in [4.69, 9.17) is 0 Å². The van der Waals surface area contributed by atoms with Crippen LogP contribution in [0.25, 0.3) is 11.8 Å². The van der Waals surface area contributed by atoms with Gasteiger partial charge in [-0.05, 0) is 54.2 Å². The average Bonchev–Trinajstić information content (AvgIpc) is 3.45. The van der Waals surface area contributed by atoms with Crippen LogP contribution in [0, 0.1) is 0 Å². The molecule has 8 heteroatoms. The predicted octanol–water partition coefficient (Wildman–Crippen LogP) is 3.86. The van der Waals surface area contributed by atoms with Crippen molar-refractivity contribution in [2.45, 2.75) is 0 Å². The third-order valence-corrected chi connectivity index (χ3v) is 6.92. The Bertz CT molecular complexity index is 1230. The maximum absolute atomic E-state index is 13.0. The molecule has 0 aliphatic carbocycles. The van der Waals surface area contributed by atoms with E-state index >= 15 is 0 Å². The molecule has 3 aromatic rings. The number of aromatic nitrogens is 1. The summed E-state index contributed by atoms with van der Waals surface area (Å²) in [6, 6.07) is 23.6. The van der Waals surface area contributed by atoms with Gasteiger partial charge in [0.15, 0.2) is 0 Å². The fraction of sp³-hybridized carbons (Fsp3) is 0.192. The highest BCUT2D eigenvalue weighted by Gasteiger charge is 2.37. The molecule has 7 nitrogen and oxygen atoms in total. The van der Waals surface area contributed by atoms with Gasteiger partial charge in [-0.25, -0.2) is 0 Å². The standard InChI is InChI=1S/C26H24N4O3S/c31-24(28-16-14-27(15-17-28)20-8-3-1-4-9-20)19-30-25(32)23(34-26(30)33)18-22-12-7-13-29(22)21-10-5-2-6-11-21/h1-13,18H,14-17,19H2. The van der Waals surface area contributed by atoms with Crippen LogP contribution in [0.3, 0.4) is 0 Å². The topological polar surface area (TPSA) is 65.9 Å². The van der Waals surface area contributed by atoms with Crippen molar-refractivity contribution in [1.82, 2.24) is 14.4 Å². The molecule has 2 aliphatic rings. The Kier molecular flexibility index (Phi) is 6.22. The molecule has 172 valence electrons. The summed E-state index contributed by atoms with van der Waals surface area (Å²) in [7, 11) is 0. The summed E-state index contributed by atoms with van der Waals surface area (Å²) in [6.45, 7) is 2.32. The molecule has 5 rings (SSSR count). The first-order valence-electron chi connectivity index (χ1n) is 11.2.